The van der Waals surface area contributed by atoms with Crippen LogP contribution in [0.3, 0.4) is 0 Å². The Labute approximate surface area is 123 Å². The number of carbonyl (C=O) groups is 1. The van der Waals surface area contributed by atoms with Crippen LogP contribution in [-0.2, 0) is 11.3 Å². The molecule has 0 aliphatic carbocycles. The summed E-state index contributed by atoms with van der Waals surface area (Å²) >= 11 is 0. The second-order valence-corrected chi connectivity index (χ2v) is 4.79. The minimum atomic E-state index is -1.11. The third-order valence-electron chi connectivity index (χ3n) is 3.25. The van der Waals surface area contributed by atoms with Gasteiger partial charge in [-0.1, -0.05) is 0 Å². The summed E-state index contributed by atoms with van der Waals surface area (Å²) in [5.74, 6) is -2.89. The molecule has 2 aromatic carbocycles. The number of aromatic nitrogens is 2. The van der Waals surface area contributed by atoms with Crippen LogP contribution in [0.15, 0.2) is 36.4 Å². The van der Waals surface area contributed by atoms with Crippen molar-refractivity contribution in [2.75, 3.05) is 5.73 Å². The van der Waals surface area contributed by atoms with Gasteiger partial charge in [-0.05, 0) is 24.3 Å². The molecule has 0 bridgehead atoms. The first-order valence-electron chi connectivity index (χ1n) is 6.38. The first-order valence-corrected chi connectivity index (χ1v) is 6.38. The van der Waals surface area contributed by atoms with E-state index < -0.39 is 24.1 Å². The molecule has 0 atom stereocenters. The Kier molecular flexibility index (Phi) is 3.25. The van der Waals surface area contributed by atoms with Gasteiger partial charge in [-0.25, -0.2) is 13.8 Å². The first kappa shape index (κ1) is 14.0. The zero-order chi connectivity index (χ0) is 15.9. The van der Waals surface area contributed by atoms with Gasteiger partial charge in [0.1, 0.15) is 12.4 Å². The number of hydrogen-bond donors (Lipinski definition) is 2. The van der Waals surface area contributed by atoms with Gasteiger partial charge in [0.2, 0.25) is 0 Å². The van der Waals surface area contributed by atoms with Crippen molar-refractivity contribution in [3.63, 3.8) is 0 Å². The molecule has 0 radical (unpaired) electrons. The molecule has 1 heterocycles. The lowest BCUT2D eigenvalue weighted by Gasteiger charge is -2.07. The maximum atomic E-state index is 13.5. The zero-order valence-electron chi connectivity index (χ0n) is 11.3. The number of hydrogen-bond acceptors (Lipinski definition) is 3. The first-order chi connectivity index (χ1) is 10.5. The van der Waals surface area contributed by atoms with E-state index >= 15 is 0 Å². The summed E-state index contributed by atoms with van der Waals surface area (Å²) in [5, 5.41) is 9.05. The highest BCUT2D eigenvalue weighted by Crippen LogP contribution is 2.27. The summed E-state index contributed by atoms with van der Waals surface area (Å²) in [6.45, 7) is -0.415. The van der Waals surface area contributed by atoms with Gasteiger partial charge in [-0.15, -0.1) is 0 Å². The summed E-state index contributed by atoms with van der Waals surface area (Å²) < 4.78 is 28.1. The quantitative estimate of drug-likeness (QED) is 0.729. The van der Waals surface area contributed by atoms with Gasteiger partial charge in [0.25, 0.3) is 0 Å². The van der Waals surface area contributed by atoms with E-state index in [0.29, 0.717) is 17.1 Å². The number of fused-ring (bicyclic) bond motifs is 1. The number of aliphatic carboxylic acids is 1. The minimum absolute atomic E-state index is 0.187. The lowest BCUT2D eigenvalue weighted by Crippen LogP contribution is -2.10. The molecule has 0 fully saturated rings. The highest BCUT2D eigenvalue weighted by atomic mass is 19.2. The van der Waals surface area contributed by atoms with E-state index in [1.165, 1.54) is 4.57 Å². The lowest BCUT2D eigenvalue weighted by atomic mass is 10.2. The topological polar surface area (TPSA) is 81.1 Å². The molecule has 0 spiro atoms. The number of carboxylic acid groups (broad SMARTS) is 1. The number of carboxylic acids is 1. The summed E-state index contributed by atoms with van der Waals surface area (Å²) in [6, 6.07) is 8.51. The van der Waals surface area contributed by atoms with Crippen molar-refractivity contribution in [1.82, 2.24) is 9.55 Å². The van der Waals surface area contributed by atoms with Crippen LogP contribution in [-0.4, -0.2) is 20.6 Å². The van der Waals surface area contributed by atoms with E-state index in [-0.39, 0.29) is 11.0 Å². The van der Waals surface area contributed by atoms with Gasteiger partial charge >= 0.3 is 5.97 Å². The molecule has 3 N–H and O–H groups in total. The van der Waals surface area contributed by atoms with Crippen LogP contribution in [0, 0.1) is 11.6 Å². The number of imidazole rings is 1. The van der Waals surface area contributed by atoms with E-state index in [0.717, 1.165) is 12.1 Å². The third-order valence-corrected chi connectivity index (χ3v) is 3.25. The van der Waals surface area contributed by atoms with Gasteiger partial charge in [0, 0.05) is 23.4 Å². The van der Waals surface area contributed by atoms with Crippen molar-refractivity contribution in [3.05, 3.63) is 48.0 Å². The number of halogens is 2. The number of rotatable bonds is 3. The standard InChI is InChI=1S/C15H11F2N3O2/c16-10-5-12-13(6-11(10)17)20(7-14(21)22)15(19-12)8-1-3-9(18)4-2-8/h1-6H,7,18H2,(H,21,22). The van der Waals surface area contributed by atoms with Gasteiger partial charge < -0.3 is 15.4 Å². The molecule has 0 saturated heterocycles. The van der Waals surface area contributed by atoms with Gasteiger partial charge in [-0.3, -0.25) is 4.79 Å². The molecule has 0 saturated carbocycles. The molecule has 0 aliphatic rings. The molecule has 3 aromatic rings. The maximum absolute atomic E-state index is 13.5. The second kappa shape index (κ2) is 5.10. The highest BCUT2D eigenvalue weighted by molar-refractivity contribution is 5.83. The summed E-state index contributed by atoms with van der Waals surface area (Å²) in [6.07, 6.45) is 0. The predicted octanol–water partition coefficient (Wildman–Crippen LogP) is 2.65. The van der Waals surface area contributed by atoms with Crippen LogP contribution >= 0.6 is 0 Å². The Hall–Kier alpha value is -2.96. The summed E-state index contributed by atoms with van der Waals surface area (Å²) in [7, 11) is 0. The molecule has 0 unspecified atom stereocenters. The van der Waals surface area contributed by atoms with E-state index in [2.05, 4.69) is 4.98 Å². The summed E-state index contributed by atoms with van der Waals surface area (Å²) in [5.41, 5.74) is 7.17. The molecular formula is C15H11F2N3O2. The van der Waals surface area contributed by atoms with Crippen LogP contribution in [0.2, 0.25) is 0 Å². The van der Waals surface area contributed by atoms with Crippen LogP contribution in [0.1, 0.15) is 0 Å². The fraction of sp³-hybridized carbons (Fsp3) is 0.0667. The van der Waals surface area contributed by atoms with Gasteiger partial charge in [0.05, 0.1) is 11.0 Å². The Bertz CT molecular complexity index is 873. The molecule has 1 aromatic heterocycles. The predicted molar refractivity (Wildman–Crippen MR) is 77.1 cm³/mol. The smallest absolute Gasteiger partial charge is 0.323 e. The average molecular weight is 303 g/mol. The molecular weight excluding hydrogens is 292 g/mol. The SMILES string of the molecule is Nc1ccc(-c2nc3cc(F)c(F)cc3n2CC(=O)O)cc1. The Morgan fingerprint density at radius 3 is 2.45 bits per heavy atom. The largest absolute Gasteiger partial charge is 0.480 e. The van der Waals surface area contributed by atoms with Crippen molar-refractivity contribution < 1.29 is 18.7 Å². The van der Waals surface area contributed by atoms with Crippen molar-refractivity contribution in [1.29, 1.82) is 0 Å². The van der Waals surface area contributed by atoms with Gasteiger partial charge in [0.15, 0.2) is 11.6 Å². The molecule has 112 valence electrons. The normalized spacial score (nSPS) is 11.0. The molecule has 0 amide bonds. The monoisotopic (exact) mass is 303 g/mol. The van der Waals surface area contributed by atoms with E-state index in [1.807, 2.05) is 0 Å². The van der Waals surface area contributed by atoms with Crippen LogP contribution in [0.5, 0.6) is 0 Å². The Morgan fingerprint density at radius 2 is 1.82 bits per heavy atom. The van der Waals surface area contributed by atoms with Crippen molar-refractivity contribution in [2.24, 2.45) is 0 Å². The lowest BCUT2D eigenvalue weighted by molar-refractivity contribution is -0.137. The van der Waals surface area contributed by atoms with E-state index in [4.69, 9.17) is 10.8 Å². The van der Waals surface area contributed by atoms with E-state index in [1.54, 1.807) is 24.3 Å². The van der Waals surface area contributed by atoms with Crippen molar-refractivity contribution >= 4 is 22.7 Å². The molecule has 0 aliphatic heterocycles. The Morgan fingerprint density at radius 1 is 1.18 bits per heavy atom. The minimum Gasteiger partial charge on any atom is -0.480 e. The highest BCUT2D eigenvalue weighted by Gasteiger charge is 2.17. The zero-order valence-corrected chi connectivity index (χ0v) is 11.3. The van der Waals surface area contributed by atoms with Crippen LogP contribution in [0.25, 0.3) is 22.4 Å². The number of nitrogens with zero attached hydrogens (tertiary/aromatic N) is 2. The van der Waals surface area contributed by atoms with Crippen molar-refractivity contribution in [3.8, 4) is 11.4 Å². The second-order valence-electron chi connectivity index (χ2n) is 4.79. The fourth-order valence-corrected chi connectivity index (χ4v) is 2.27. The summed E-state index contributed by atoms with van der Waals surface area (Å²) in [4.78, 5) is 15.3. The maximum Gasteiger partial charge on any atom is 0.323 e. The van der Waals surface area contributed by atoms with Crippen LogP contribution < -0.4 is 5.73 Å². The van der Waals surface area contributed by atoms with Crippen LogP contribution in [0.4, 0.5) is 14.5 Å². The average Bonchev–Trinajstić information content (AvgIpc) is 2.78. The van der Waals surface area contributed by atoms with E-state index in [9.17, 15) is 13.6 Å². The Balaban J connectivity index is 2.28. The van der Waals surface area contributed by atoms with Crippen molar-refractivity contribution in [2.45, 2.75) is 6.54 Å². The molecule has 3 rings (SSSR count). The third kappa shape index (κ3) is 2.37. The fourth-order valence-electron chi connectivity index (χ4n) is 2.27. The molecule has 5 nitrogen and oxygen atoms in total. The number of benzene rings is 2. The van der Waals surface area contributed by atoms with Gasteiger partial charge in [-0.2, -0.15) is 0 Å². The number of nitrogen functional groups attached to an aromatic ring is 1. The molecule has 7 heteroatoms. The molecule has 22 heavy (non-hydrogen) atoms. The number of anilines is 1. The number of nitrogens with two attached hydrogens (primary N) is 1.